The Morgan fingerprint density at radius 1 is 1.30 bits per heavy atom. The normalized spacial score (nSPS) is 17.8. The minimum atomic E-state index is -1.26. The van der Waals surface area contributed by atoms with Crippen LogP contribution in [-0.4, -0.2) is 56.6 Å². The number of urea groups is 1. The van der Waals surface area contributed by atoms with Gasteiger partial charge in [-0.2, -0.15) is 0 Å². The molecule has 1 aliphatic heterocycles. The molecule has 2 fully saturated rings. The number of halogens is 1. The SMILES string of the molecule is CCC(O)(Cn1nncc1CCCCN1CC(=O)NC1=O)c1ccc(F)c(OCC2CC2)c1. The number of aryl methyl sites for hydroxylation is 1. The summed E-state index contributed by atoms with van der Waals surface area (Å²) in [6, 6.07) is 4.15. The summed E-state index contributed by atoms with van der Waals surface area (Å²) in [5.74, 6) is -0.0543. The molecule has 9 nitrogen and oxygen atoms in total. The molecule has 1 aromatic carbocycles. The zero-order chi connectivity index (χ0) is 23.4. The van der Waals surface area contributed by atoms with E-state index in [0.717, 1.165) is 31.4 Å². The average Bonchev–Trinajstić information content (AvgIpc) is 3.44. The van der Waals surface area contributed by atoms with Crippen molar-refractivity contribution in [2.75, 3.05) is 19.7 Å². The van der Waals surface area contributed by atoms with Crippen molar-refractivity contribution in [3.8, 4) is 5.75 Å². The second-order valence-electron chi connectivity index (χ2n) is 8.90. The number of unbranched alkanes of at least 4 members (excludes halogenated alkanes) is 1. The maximum absolute atomic E-state index is 14.2. The number of ether oxygens (including phenoxy) is 1. The zero-order valence-electron chi connectivity index (χ0n) is 18.8. The van der Waals surface area contributed by atoms with Crippen LogP contribution >= 0.6 is 0 Å². The zero-order valence-corrected chi connectivity index (χ0v) is 18.8. The number of nitrogens with zero attached hydrogens (tertiary/aromatic N) is 4. The molecule has 2 aromatic rings. The van der Waals surface area contributed by atoms with Gasteiger partial charge in [0.25, 0.3) is 0 Å². The number of aromatic nitrogens is 3. The van der Waals surface area contributed by atoms with Gasteiger partial charge < -0.3 is 14.7 Å². The van der Waals surface area contributed by atoms with Gasteiger partial charge in [-0.25, -0.2) is 13.9 Å². The summed E-state index contributed by atoms with van der Waals surface area (Å²) in [5, 5.41) is 21.8. The number of hydrogen-bond acceptors (Lipinski definition) is 6. The maximum atomic E-state index is 14.2. The van der Waals surface area contributed by atoms with E-state index in [2.05, 4.69) is 15.6 Å². The molecule has 0 bridgehead atoms. The van der Waals surface area contributed by atoms with Crippen molar-refractivity contribution in [3.63, 3.8) is 0 Å². The summed E-state index contributed by atoms with van der Waals surface area (Å²) >= 11 is 0. The van der Waals surface area contributed by atoms with E-state index in [1.807, 2.05) is 6.92 Å². The lowest BCUT2D eigenvalue weighted by Gasteiger charge is -2.28. The van der Waals surface area contributed by atoms with Gasteiger partial charge >= 0.3 is 6.03 Å². The van der Waals surface area contributed by atoms with Gasteiger partial charge in [0.05, 0.1) is 25.0 Å². The van der Waals surface area contributed by atoms with Gasteiger partial charge in [-0.1, -0.05) is 18.2 Å². The lowest BCUT2D eigenvalue weighted by atomic mass is 9.90. The first-order chi connectivity index (χ1) is 15.9. The fraction of sp³-hybridized carbons (Fsp3) is 0.565. The smallest absolute Gasteiger partial charge is 0.324 e. The molecule has 33 heavy (non-hydrogen) atoms. The predicted molar refractivity (Wildman–Crippen MR) is 117 cm³/mol. The molecule has 1 aliphatic carbocycles. The van der Waals surface area contributed by atoms with Gasteiger partial charge in [-0.15, -0.1) is 5.10 Å². The molecule has 10 heteroatoms. The topological polar surface area (TPSA) is 110 Å². The van der Waals surface area contributed by atoms with Crippen LogP contribution in [0, 0.1) is 11.7 Å². The molecule has 1 atom stereocenters. The number of carbonyl (C=O) groups is 2. The van der Waals surface area contributed by atoms with Crippen LogP contribution in [0.25, 0.3) is 0 Å². The van der Waals surface area contributed by atoms with Gasteiger partial charge in [0, 0.05) is 6.54 Å². The molecule has 1 saturated carbocycles. The number of imide groups is 1. The predicted octanol–water partition coefficient (Wildman–Crippen LogP) is 2.38. The summed E-state index contributed by atoms with van der Waals surface area (Å²) in [6.07, 6.45) is 6.44. The Bertz CT molecular complexity index is 1010. The van der Waals surface area contributed by atoms with E-state index in [0.29, 0.717) is 37.5 Å². The lowest BCUT2D eigenvalue weighted by molar-refractivity contribution is -0.118. The molecule has 0 radical (unpaired) electrons. The minimum absolute atomic E-state index is 0.103. The maximum Gasteiger partial charge on any atom is 0.324 e. The number of hydrogen-bond donors (Lipinski definition) is 2. The second kappa shape index (κ2) is 9.86. The first-order valence-corrected chi connectivity index (χ1v) is 11.5. The third-order valence-electron chi connectivity index (χ3n) is 6.31. The number of benzene rings is 1. The molecule has 2 aliphatic rings. The van der Waals surface area contributed by atoms with Crippen molar-refractivity contribution in [1.29, 1.82) is 0 Å². The molecular formula is C23H30FN5O4. The van der Waals surface area contributed by atoms with Crippen molar-refractivity contribution in [2.24, 2.45) is 5.92 Å². The quantitative estimate of drug-likeness (QED) is 0.373. The number of nitrogens with one attached hydrogen (secondary N) is 1. The van der Waals surface area contributed by atoms with Crippen LogP contribution in [0.1, 0.15) is 50.3 Å². The Morgan fingerprint density at radius 2 is 2.12 bits per heavy atom. The van der Waals surface area contributed by atoms with E-state index in [-0.39, 0.29) is 30.8 Å². The fourth-order valence-corrected chi connectivity index (χ4v) is 3.93. The van der Waals surface area contributed by atoms with Crippen molar-refractivity contribution in [1.82, 2.24) is 25.2 Å². The second-order valence-corrected chi connectivity index (χ2v) is 8.90. The van der Waals surface area contributed by atoms with Gasteiger partial charge in [-0.3, -0.25) is 10.1 Å². The highest BCUT2D eigenvalue weighted by atomic mass is 19.1. The largest absolute Gasteiger partial charge is 0.490 e. The van der Waals surface area contributed by atoms with E-state index < -0.39 is 11.4 Å². The Kier molecular flexibility index (Phi) is 6.92. The molecule has 0 spiro atoms. The van der Waals surface area contributed by atoms with Gasteiger partial charge in [0.15, 0.2) is 11.6 Å². The molecule has 4 rings (SSSR count). The molecule has 3 amide bonds. The average molecular weight is 460 g/mol. The van der Waals surface area contributed by atoms with Gasteiger partial charge in [-0.05, 0) is 62.1 Å². The van der Waals surface area contributed by atoms with Crippen LogP contribution in [0.3, 0.4) is 0 Å². The molecule has 2 N–H and O–H groups in total. The van der Waals surface area contributed by atoms with Crippen LogP contribution in [0.15, 0.2) is 24.4 Å². The van der Waals surface area contributed by atoms with Gasteiger partial charge in [0.2, 0.25) is 5.91 Å². The number of carbonyl (C=O) groups excluding carboxylic acids is 2. The van der Waals surface area contributed by atoms with E-state index in [1.54, 1.807) is 23.0 Å². The van der Waals surface area contributed by atoms with Crippen LogP contribution in [-0.2, 0) is 23.4 Å². The highest BCUT2D eigenvalue weighted by Crippen LogP contribution is 2.33. The van der Waals surface area contributed by atoms with Crippen LogP contribution in [0.2, 0.25) is 0 Å². The Labute approximate surface area is 191 Å². The number of rotatable bonds is 12. The standard InChI is InChI=1S/C23H30FN5O4/c1-2-23(32,17-8-9-19(24)20(11-17)33-14-16-6-7-16)15-29-18(12-25-27-29)5-3-4-10-28-13-21(30)26-22(28)31/h8-9,11-12,16,32H,2-7,10,13-15H2,1H3,(H,26,30,31). The van der Waals surface area contributed by atoms with Crippen LogP contribution in [0.4, 0.5) is 9.18 Å². The summed E-state index contributed by atoms with van der Waals surface area (Å²) in [6.45, 7) is 3.14. The lowest BCUT2D eigenvalue weighted by Crippen LogP contribution is -2.32. The summed E-state index contributed by atoms with van der Waals surface area (Å²) in [5.41, 5.74) is 0.168. The van der Waals surface area contributed by atoms with E-state index in [1.165, 1.54) is 11.0 Å². The molecule has 178 valence electrons. The summed E-state index contributed by atoms with van der Waals surface area (Å²) < 4.78 is 21.5. The molecular weight excluding hydrogens is 429 g/mol. The van der Waals surface area contributed by atoms with E-state index in [9.17, 15) is 19.1 Å². The first kappa shape index (κ1) is 23.2. The van der Waals surface area contributed by atoms with Crippen LogP contribution < -0.4 is 10.1 Å². The Hall–Kier alpha value is -3.01. The Morgan fingerprint density at radius 3 is 2.82 bits per heavy atom. The fourth-order valence-electron chi connectivity index (χ4n) is 3.93. The van der Waals surface area contributed by atoms with Crippen molar-refractivity contribution < 1.29 is 23.8 Å². The number of aliphatic hydroxyl groups is 1. The monoisotopic (exact) mass is 459 g/mol. The summed E-state index contributed by atoms with van der Waals surface area (Å²) in [4.78, 5) is 24.4. The van der Waals surface area contributed by atoms with Crippen molar-refractivity contribution in [2.45, 2.75) is 57.6 Å². The van der Waals surface area contributed by atoms with E-state index >= 15 is 0 Å². The van der Waals surface area contributed by atoms with Crippen molar-refractivity contribution >= 4 is 11.9 Å². The molecule has 1 saturated heterocycles. The first-order valence-electron chi connectivity index (χ1n) is 11.5. The van der Waals surface area contributed by atoms with Crippen molar-refractivity contribution in [3.05, 3.63) is 41.5 Å². The minimum Gasteiger partial charge on any atom is -0.490 e. The highest BCUT2D eigenvalue weighted by molar-refractivity contribution is 6.01. The number of amides is 3. The van der Waals surface area contributed by atoms with Gasteiger partial charge in [0.1, 0.15) is 12.1 Å². The van der Waals surface area contributed by atoms with Crippen LogP contribution in [0.5, 0.6) is 5.75 Å². The van der Waals surface area contributed by atoms with E-state index in [4.69, 9.17) is 4.74 Å². The Balaban J connectivity index is 1.37. The highest BCUT2D eigenvalue weighted by Gasteiger charge is 2.31. The molecule has 2 heterocycles. The third-order valence-corrected chi connectivity index (χ3v) is 6.31. The molecule has 1 unspecified atom stereocenters. The summed E-state index contributed by atoms with van der Waals surface area (Å²) in [7, 11) is 0. The molecule has 1 aromatic heterocycles. The third kappa shape index (κ3) is 5.68.